The van der Waals surface area contributed by atoms with E-state index in [1.807, 2.05) is 0 Å². The number of rotatable bonds is 6. The van der Waals surface area contributed by atoms with Crippen molar-refractivity contribution in [2.24, 2.45) is 0 Å². The summed E-state index contributed by atoms with van der Waals surface area (Å²) >= 11 is 1.78. The van der Waals surface area contributed by atoms with Crippen molar-refractivity contribution < 1.29 is 13.9 Å². The van der Waals surface area contributed by atoms with Crippen LogP contribution in [-0.4, -0.2) is 31.1 Å². The van der Waals surface area contributed by atoms with E-state index < -0.39 is 5.97 Å². The zero-order chi connectivity index (χ0) is 12.0. The van der Waals surface area contributed by atoms with Gasteiger partial charge in [-0.25, -0.2) is 4.79 Å². The Morgan fingerprint density at radius 2 is 2.44 bits per heavy atom. The summed E-state index contributed by atoms with van der Waals surface area (Å²) in [6.07, 6.45) is 3.57. The van der Waals surface area contributed by atoms with Crippen LogP contribution in [0.15, 0.2) is 16.7 Å². The molecular weight excluding hydrogens is 226 g/mol. The molecule has 0 aromatic carbocycles. The third kappa shape index (κ3) is 3.57. The Kier molecular flexibility index (Phi) is 5.42. The molecule has 1 unspecified atom stereocenters. The smallest absolute Gasteiger partial charge is 0.374 e. The Bertz CT molecular complexity index is 338. The van der Waals surface area contributed by atoms with Crippen LogP contribution in [0.2, 0.25) is 0 Å². The van der Waals surface area contributed by atoms with Crippen molar-refractivity contribution in [3.05, 3.63) is 23.7 Å². The van der Waals surface area contributed by atoms with E-state index in [1.54, 1.807) is 17.8 Å². The molecular formula is C11H17NO3S. The number of hydrogen-bond donors (Lipinski definition) is 1. The summed E-state index contributed by atoms with van der Waals surface area (Å²) in [6, 6.07) is 2.18. The monoisotopic (exact) mass is 243 g/mol. The number of hydrogen-bond acceptors (Lipinski definition) is 5. The van der Waals surface area contributed by atoms with Gasteiger partial charge in [0.05, 0.1) is 13.4 Å². The molecule has 1 atom stereocenters. The molecule has 1 rings (SSSR count). The molecule has 0 fully saturated rings. The summed E-state index contributed by atoms with van der Waals surface area (Å²) in [6.45, 7) is 2.72. The van der Waals surface area contributed by atoms with Crippen molar-refractivity contribution in [2.75, 3.05) is 19.1 Å². The van der Waals surface area contributed by atoms with E-state index >= 15 is 0 Å². The number of methoxy groups -OCH3 is 1. The molecule has 16 heavy (non-hydrogen) atoms. The standard InChI is InChI=1S/C11H17NO3S/c1-8(7-16-3)12-6-9-4-5-15-10(9)11(13)14-2/h4-5,8,12H,6-7H2,1-3H3. The molecule has 0 saturated carbocycles. The van der Waals surface area contributed by atoms with Crippen molar-refractivity contribution in [1.82, 2.24) is 5.32 Å². The van der Waals surface area contributed by atoms with E-state index in [9.17, 15) is 4.79 Å². The van der Waals surface area contributed by atoms with Crippen LogP contribution in [0.25, 0.3) is 0 Å². The summed E-state index contributed by atoms with van der Waals surface area (Å²) in [5, 5.41) is 3.32. The Hall–Kier alpha value is -0.940. The summed E-state index contributed by atoms with van der Waals surface area (Å²) in [4.78, 5) is 11.3. The predicted molar refractivity (Wildman–Crippen MR) is 64.7 cm³/mol. The van der Waals surface area contributed by atoms with E-state index in [-0.39, 0.29) is 5.76 Å². The van der Waals surface area contributed by atoms with Crippen LogP contribution in [0.5, 0.6) is 0 Å². The van der Waals surface area contributed by atoms with E-state index in [0.717, 1.165) is 11.3 Å². The van der Waals surface area contributed by atoms with Crippen LogP contribution in [0.3, 0.4) is 0 Å². The largest absolute Gasteiger partial charge is 0.463 e. The number of nitrogens with one attached hydrogen (secondary N) is 1. The molecule has 0 bridgehead atoms. The highest BCUT2D eigenvalue weighted by Gasteiger charge is 2.15. The topological polar surface area (TPSA) is 51.5 Å². The molecule has 90 valence electrons. The second-order valence-corrected chi connectivity index (χ2v) is 4.41. The molecule has 1 aromatic rings. The summed E-state index contributed by atoms with van der Waals surface area (Å²) in [7, 11) is 1.35. The lowest BCUT2D eigenvalue weighted by Crippen LogP contribution is -2.28. The third-order valence-electron chi connectivity index (χ3n) is 2.18. The van der Waals surface area contributed by atoms with Crippen molar-refractivity contribution in [1.29, 1.82) is 0 Å². The van der Waals surface area contributed by atoms with Gasteiger partial charge in [0, 0.05) is 23.9 Å². The van der Waals surface area contributed by atoms with Crippen LogP contribution in [0.1, 0.15) is 23.0 Å². The Morgan fingerprint density at radius 1 is 1.69 bits per heavy atom. The lowest BCUT2D eigenvalue weighted by Gasteiger charge is -2.11. The van der Waals surface area contributed by atoms with E-state index in [4.69, 9.17) is 4.42 Å². The summed E-state index contributed by atoms with van der Waals surface area (Å²) < 4.78 is 9.71. The van der Waals surface area contributed by atoms with Crippen molar-refractivity contribution >= 4 is 17.7 Å². The molecule has 0 radical (unpaired) electrons. The lowest BCUT2D eigenvalue weighted by molar-refractivity contribution is 0.0563. The summed E-state index contributed by atoms with van der Waals surface area (Å²) in [5.74, 6) is 0.886. The molecule has 0 saturated heterocycles. The zero-order valence-corrected chi connectivity index (χ0v) is 10.6. The number of carbonyl (C=O) groups is 1. The van der Waals surface area contributed by atoms with Gasteiger partial charge in [0.1, 0.15) is 0 Å². The molecule has 4 nitrogen and oxygen atoms in total. The Morgan fingerprint density at radius 3 is 3.06 bits per heavy atom. The second kappa shape index (κ2) is 6.60. The minimum Gasteiger partial charge on any atom is -0.463 e. The first-order valence-corrected chi connectivity index (χ1v) is 6.45. The van der Waals surface area contributed by atoms with Gasteiger partial charge in [-0.05, 0) is 19.2 Å². The van der Waals surface area contributed by atoms with Crippen LogP contribution < -0.4 is 5.32 Å². The fourth-order valence-corrected chi connectivity index (χ4v) is 1.96. The first kappa shape index (κ1) is 13.1. The van der Waals surface area contributed by atoms with Gasteiger partial charge >= 0.3 is 5.97 Å². The Labute approximate surface area is 99.7 Å². The highest BCUT2D eigenvalue weighted by molar-refractivity contribution is 7.98. The molecule has 0 amide bonds. The van der Waals surface area contributed by atoms with Gasteiger partial charge in [0.25, 0.3) is 0 Å². The molecule has 0 aliphatic carbocycles. The normalized spacial score (nSPS) is 12.4. The molecule has 1 aromatic heterocycles. The maximum atomic E-state index is 11.3. The maximum Gasteiger partial charge on any atom is 0.374 e. The second-order valence-electron chi connectivity index (χ2n) is 3.50. The molecule has 1 N–H and O–H groups in total. The average molecular weight is 243 g/mol. The van der Waals surface area contributed by atoms with Crippen LogP contribution in [-0.2, 0) is 11.3 Å². The molecule has 0 aliphatic heterocycles. The number of thioether (sulfide) groups is 1. The van der Waals surface area contributed by atoms with Gasteiger partial charge in [-0.3, -0.25) is 0 Å². The number of esters is 1. The number of furan rings is 1. The van der Waals surface area contributed by atoms with Crippen LogP contribution >= 0.6 is 11.8 Å². The Balaban J connectivity index is 2.54. The van der Waals surface area contributed by atoms with Gasteiger partial charge in [-0.2, -0.15) is 11.8 Å². The highest BCUT2D eigenvalue weighted by atomic mass is 32.2. The fourth-order valence-electron chi connectivity index (χ4n) is 1.34. The zero-order valence-electron chi connectivity index (χ0n) is 9.78. The maximum absolute atomic E-state index is 11.3. The van der Waals surface area contributed by atoms with Gasteiger partial charge in [-0.1, -0.05) is 0 Å². The van der Waals surface area contributed by atoms with Crippen molar-refractivity contribution in [3.8, 4) is 0 Å². The van der Waals surface area contributed by atoms with Gasteiger partial charge < -0.3 is 14.5 Å². The SMILES string of the molecule is COC(=O)c1occc1CNC(C)CSC. The highest BCUT2D eigenvalue weighted by Crippen LogP contribution is 2.12. The van der Waals surface area contributed by atoms with Crippen molar-refractivity contribution in [2.45, 2.75) is 19.5 Å². The molecule has 1 heterocycles. The predicted octanol–water partition coefficient (Wildman–Crippen LogP) is 1.91. The number of ether oxygens (including phenoxy) is 1. The summed E-state index contributed by atoms with van der Waals surface area (Å²) in [5.41, 5.74) is 0.833. The fraction of sp³-hybridized carbons (Fsp3) is 0.545. The molecule has 0 aliphatic rings. The van der Waals surface area contributed by atoms with Gasteiger partial charge in [-0.15, -0.1) is 0 Å². The number of carbonyl (C=O) groups excluding carboxylic acids is 1. The first-order valence-electron chi connectivity index (χ1n) is 5.06. The minimum atomic E-state index is -0.431. The molecule has 0 spiro atoms. The van der Waals surface area contributed by atoms with E-state index in [0.29, 0.717) is 12.6 Å². The van der Waals surface area contributed by atoms with Crippen molar-refractivity contribution in [3.63, 3.8) is 0 Å². The van der Waals surface area contributed by atoms with E-state index in [1.165, 1.54) is 13.4 Å². The quantitative estimate of drug-likeness (QED) is 0.773. The van der Waals surface area contributed by atoms with Gasteiger partial charge in [0.15, 0.2) is 0 Å². The van der Waals surface area contributed by atoms with Crippen LogP contribution in [0, 0.1) is 0 Å². The molecule has 5 heteroatoms. The van der Waals surface area contributed by atoms with Gasteiger partial charge in [0.2, 0.25) is 5.76 Å². The average Bonchev–Trinajstić information content (AvgIpc) is 2.74. The minimum absolute atomic E-state index is 0.284. The van der Waals surface area contributed by atoms with Crippen LogP contribution in [0.4, 0.5) is 0 Å². The third-order valence-corrected chi connectivity index (χ3v) is 3.01. The first-order chi connectivity index (χ1) is 7.69. The van der Waals surface area contributed by atoms with E-state index in [2.05, 4.69) is 23.2 Å². The lowest BCUT2D eigenvalue weighted by atomic mass is 10.2.